The Kier molecular flexibility index (Phi) is 5.43. The monoisotopic (exact) mass is 400 g/mol. The minimum Gasteiger partial charge on any atom is -0.472 e. The van der Waals surface area contributed by atoms with E-state index in [1.807, 2.05) is 0 Å². The second-order valence-corrected chi connectivity index (χ2v) is 6.48. The number of likely N-dealkylation sites (N-methyl/N-ethyl adjacent to an activating group) is 1. The maximum atomic E-state index is 12.8. The number of pyridine rings is 1. The highest BCUT2D eigenvalue weighted by Gasteiger charge is 2.39. The number of hydrogen-bond donors (Lipinski definition) is 0. The van der Waals surface area contributed by atoms with Gasteiger partial charge < -0.3 is 14.5 Å². The summed E-state index contributed by atoms with van der Waals surface area (Å²) < 4.78 is 43.8. The van der Waals surface area contributed by atoms with Gasteiger partial charge in [-0.25, -0.2) is 9.78 Å². The molecule has 0 bridgehead atoms. The summed E-state index contributed by atoms with van der Waals surface area (Å²) in [7, 11) is 0. The smallest absolute Gasteiger partial charge is 0.416 e. The average molecular weight is 400 g/mol. The molecule has 3 rings (SSSR count). The molecule has 1 aromatic rings. The van der Waals surface area contributed by atoms with Gasteiger partial charge in [0, 0.05) is 44.9 Å². The number of carbonyl (C=O) groups excluding carboxylic acids is 3. The molecule has 0 aliphatic carbocycles. The van der Waals surface area contributed by atoms with Crippen LogP contribution in [0.4, 0.5) is 18.0 Å². The normalized spacial score (nSPS) is 20.7. The fraction of sp³-hybridized carbons (Fsp3) is 0.529. The van der Waals surface area contributed by atoms with Gasteiger partial charge >= 0.3 is 24.0 Å². The van der Waals surface area contributed by atoms with E-state index < -0.39 is 35.7 Å². The Morgan fingerprint density at radius 1 is 1.25 bits per heavy atom. The van der Waals surface area contributed by atoms with Crippen molar-refractivity contribution in [2.24, 2.45) is 0 Å². The number of alkyl halides is 3. The van der Waals surface area contributed by atoms with Gasteiger partial charge in [-0.2, -0.15) is 13.2 Å². The molecule has 1 aromatic heterocycles. The number of halogens is 3. The molecule has 1 atom stereocenters. The standard InChI is InChI=1S/C17H19F3N4O4/c1-2-22-7-8-24(15(26)14(22)25)16(27)23-6-4-12(10-23)28-13-9-11(3-5-21-13)17(18,19)20/h3,5,9,12H,2,4,6-8,10H2,1H3/t12-/m1/s1. The quantitative estimate of drug-likeness (QED) is 0.716. The molecule has 3 heterocycles. The summed E-state index contributed by atoms with van der Waals surface area (Å²) in [5.41, 5.74) is -0.874. The van der Waals surface area contributed by atoms with Crippen LogP contribution in [-0.2, 0) is 15.8 Å². The van der Waals surface area contributed by atoms with Crippen LogP contribution in [0.15, 0.2) is 18.3 Å². The first-order valence-corrected chi connectivity index (χ1v) is 8.80. The third-order valence-corrected chi connectivity index (χ3v) is 4.69. The van der Waals surface area contributed by atoms with E-state index in [4.69, 9.17) is 4.74 Å². The molecule has 0 aromatic carbocycles. The number of urea groups is 1. The summed E-state index contributed by atoms with van der Waals surface area (Å²) in [6.07, 6.45) is -3.68. The van der Waals surface area contributed by atoms with Crippen LogP contribution in [0.1, 0.15) is 18.9 Å². The molecule has 0 saturated carbocycles. The lowest BCUT2D eigenvalue weighted by Gasteiger charge is -2.33. The van der Waals surface area contributed by atoms with Gasteiger partial charge in [0.2, 0.25) is 5.88 Å². The Morgan fingerprint density at radius 3 is 2.68 bits per heavy atom. The molecule has 2 aliphatic rings. The lowest BCUT2D eigenvalue weighted by Crippen LogP contribution is -2.58. The number of ether oxygens (including phenoxy) is 1. The van der Waals surface area contributed by atoms with Gasteiger partial charge in [0.1, 0.15) is 6.10 Å². The van der Waals surface area contributed by atoms with Crippen LogP contribution in [0.3, 0.4) is 0 Å². The minimum absolute atomic E-state index is 0.0895. The average Bonchev–Trinajstić information content (AvgIpc) is 3.11. The van der Waals surface area contributed by atoms with Crippen LogP contribution in [0.2, 0.25) is 0 Å². The van der Waals surface area contributed by atoms with E-state index in [2.05, 4.69) is 4.98 Å². The zero-order chi connectivity index (χ0) is 20.5. The van der Waals surface area contributed by atoms with Crippen LogP contribution in [0, 0.1) is 0 Å². The molecular formula is C17H19F3N4O4. The van der Waals surface area contributed by atoms with E-state index in [1.54, 1.807) is 6.92 Å². The first-order valence-electron chi connectivity index (χ1n) is 8.80. The summed E-state index contributed by atoms with van der Waals surface area (Å²) in [6, 6.07) is 1.05. The van der Waals surface area contributed by atoms with Crippen LogP contribution in [0.25, 0.3) is 0 Å². The van der Waals surface area contributed by atoms with Gasteiger partial charge in [0.25, 0.3) is 0 Å². The van der Waals surface area contributed by atoms with E-state index in [1.165, 1.54) is 9.80 Å². The van der Waals surface area contributed by atoms with Crippen molar-refractivity contribution in [3.05, 3.63) is 23.9 Å². The predicted molar refractivity (Wildman–Crippen MR) is 89.2 cm³/mol. The molecule has 2 saturated heterocycles. The largest absolute Gasteiger partial charge is 0.472 e. The van der Waals surface area contributed by atoms with Crippen molar-refractivity contribution in [2.75, 3.05) is 32.7 Å². The highest BCUT2D eigenvalue weighted by Crippen LogP contribution is 2.31. The Balaban J connectivity index is 1.60. The summed E-state index contributed by atoms with van der Waals surface area (Å²) in [5.74, 6) is -1.78. The number of imide groups is 1. The van der Waals surface area contributed by atoms with Gasteiger partial charge in [-0.05, 0) is 13.0 Å². The van der Waals surface area contributed by atoms with Crippen LogP contribution < -0.4 is 4.74 Å². The van der Waals surface area contributed by atoms with E-state index in [-0.39, 0.29) is 32.1 Å². The molecule has 0 N–H and O–H groups in total. The van der Waals surface area contributed by atoms with Crippen molar-refractivity contribution >= 4 is 17.8 Å². The van der Waals surface area contributed by atoms with E-state index in [0.29, 0.717) is 13.0 Å². The van der Waals surface area contributed by atoms with Crippen LogP contribution >= 0.6 is 0 Å². The van der Waals surface area contributed by atoms with Crippen molar-refractivity contribution in [3.8, 4) is 5.88 Å². The highest BCUT2D eigenvalue weighted by atomic mass is 19.4. The lowest BCUT2D eigenvalue weighted by molar-refractivity contribution is -0.153. The second kappa shape index (κ2) is 7.64. The van der Waals surface area contributed by atoms with E-state index in [0.717, 1.165) is 23.2 Å². The number of likely N-dealkylation sites (tertiary alicyclic amines) is 1. The van der Waals surface area contributed by atoms with Gasteiger partial charge in [-0.1, -0.05) is 0 Å². The molecule has 4 amide bonds. The Hall–Kier alpha value is -2.85. The first kappa shape index (κ1) is 19.9. The number of carbonyl (C=O) groups is 3. The molecule has 8 nitrogen and oxygen atoms in total. The molecule has 0 unspecified atom stereocenters. The Morgan fingerprint density at radius 2 is 2.00 bits per heavy atom. The molecule has 2 fully saturated rings. The predicted octanol–water partition coefficient (Wildman–Crippen LogP) is 1.36. The molecule has 152 valence electrons. The minimum atomic E-state index is -4.51. The maximum Gasteiger partial charge on any atom is 0.416 e. The zero-order valence-electron chi connectivity index (χ0n) is 15.1. The first-order chi connectivity index (χ1) is 13.2. The maximum absolute atomic E-state index is 12.8. The zero-order valence-corrected chi connectivity index (χ0v) is 15.1. The number of hydrogen-bond acceptors (Lipinski definition) is 5. The van der Waals surface area contributed by atoms with Gasteiger partial charge in [-0.3, -0.25) is 14.5 Å². The number of piperazine rings is 1. The van der Waals surface area contributed by atoms with Crippen molar-refractivity contribution < 1.29 is 32.3 Å². The third-order valence-electron chi connectivity index (χ3n) is 4.69. The van der Waals surface area contributed by atoms with Crippen molar-refractivity contribution in [1.29, 1.82) is 0 Å². The fourth-order valence-corrected chi connectivity index (χ4v) is 3.15. The van der Waals surface area contributed by atoms with E-state index in [9.17, 15) is 27.6 Å². The van der Waals surface area contributed by atoms with Gasteiger partial charge in [0.15, 0.2) is 0 Å². The third kappa shape index (κ3) is 4.02. The Labute approximate surface area is 158 Å². The number of rotatable bonds is 3. The summed E-state index contributed by atoms with van der Waals surface area (Å²) in [6.45, 7) is 2.86. The topological polar surface area (TPSA) is 83.0 Å². The number of nitrogens with zero attached hydrogens (tertiary/aromatic N) is 4. The molecule has 2 aliphatic heterocycles. The molecule has 0 spiro atoms. The molecule has 28 heavy (non-hydrogen) atoms. The van der Waals surface area contributed by atoms with Crippen molar-refractivity contribution in [1.82, 2.24) is 19.7 Å². The summed E-state index contributed by atoms with van der Waals surface area (Å²) >= 11 is 0. The van der Waals surface area contributed by atoms with E-state index >= 15 is 0 Å². The van der Waals surface area contributed by atoms with Gasteiger partial charge in [0.05, 0.1) is 12.1 Å². The second-order valence-electron chi connectivity index (χ2n) is 6.48. The Bertz CT molecular complexity index is 786. The summed E-state index contributed by atoms with van der Waals surface area (Å²) in [5, 5.41) is 0. The highest BCUT2D eigenvalue weighted by molar-refractivity contribution is 6.38. The molecule has 0 radical (unpaired) electrons. The van der Waals surface area contributed by atoms with Gasteiger partial charge in [-0.15, -0.1) is 0 Å². The van der Waals surface area contributed by atoms with Crippen molar-refractivity contribution in [2.45, 2.75) is 25.6 Å². The van der Waals surface area contributed by atoms with Crippen molar-refractivity contribution in [3.63, 3.8) is 0 Å². The fourth-order valence-electron chi connectivity index (χ4n) is 3.15. The van der Waals surface area contributed by atoms with Crippen LogP contribution in [0.5, 0.6) is 5.88 Å². The lowest BCUT2D eigenvalue weighted by atomic mass is 10.2. The SMILES string of the molecule is CCN1CCN(C(=O)N2CC[C@@H](Oc3cc(C(F)(F)F)ccn3)C2)C(=O)C1=O. The number of aromatic nitrogens is 1. The number of amides is 4. The van der Waals surface area contributed by atoms with Crippen LogP contribution in [-0.4, -0.2) is 76.4 Å². The summed E-state index contributed by atoms with van der Waals surface area (Å²) in [4.78, 5) is 44.0. The molecular weight excluding hydrogens is 381 g/mol. The molecule has 11 heteroatoms.